The number of carbonyl (C=O) groups excluding carboxylic acids is 1. The Bertz CT molecular complexity index is 1230. The highest BCUT2D eigenvalue weighted by Gasteiger charge is 2.27. The van der Waals surface area contributed by atoms with Crippen LogP contribution in [0.15, 0.2) is 82.8 Å². The number of sulfonamides is 1. The van der Waals surface area contributed by atoms with Crippen molar-refractivity contribution >= 4 is 39.4 Å². The van der Waals surface area contributed by atoms with Gasteiger partial charge in [0.1, 0.15) is 12.4 Å². The van der Waals surface area contributed by atoms with E-state index in [1.54, 1.807) is 30.3 Å². The highest BCUT2D eigenvalue weighted by atomic mass is 35.5. The number of amides is 1. The molecule has 0 aliphatic heterocycles. The van der Waals surface area contributed by atoms with Crippen LogP contribution in [-0.2, 0) is 14.8 Å². The van der Waals surface area contributed by atoms with Crippen LogP contribution in [-0.4, -0.2) is 27.1 Å². The lowest BCUT2D eigenvalue weighted by molar-refractivity contribution is -0.119. The van der Waals surface area contributed by atoms with Crippen molar-refractivity contribution in [1.29, 1.82) is 0 Å². The van der Waals surface area contributed by atoms with E-state index in [0.717, 1.165) is 16.1 Å². The molecule has 0 radical (unpaired) electrons. The number of hydrogen-bond acceptors (Lipinski definition) is 4. The third-order valence-electron chi connectivity index (χ3n) is 4.85. The van der Waals surface area contributed by atoms with Crippen LogP contribution in [0.1, 0.15) is 30.9 Å². The SMILES string of the molecule is CC(C)c1ccc(N(CC(=O)N/N=C\c2c(F)cccc2Cl)S(=O)(=O)c2ccccc2)cc1. The standard InChI is InChI=1S/C24H23ClFN3O3S/c1-17(2)18-11-13-19(14-12-18)29(33(31,32)20-7-4-3-5-8-20)16-24(30)28-27-15-21-22(25)9-6-10-23(21)26/h3-15,17H,16H2,1-2H3,(H,28,30)/b27-15-. The Kier molecular flexibility index (Phi) is 7.84. The first-order chi connectivity index (χ1) is 15.7. The summed E-state index contributed by atoms with van der Waals surface area (Å²) in [6, 6.07) is 18.9. The van der Waals surface area contributed by atoms with Crippen molar-refractivity contribution in [2.45, 2.75) is 24.7 Å². The lowest BCUT2D eigenvalue weighted by Gasteiger charge is -2.24. The summed E-state index contributed by atoms with van der Waals surface area (Å²) in [5.41, 5.74) is 3.62. The molecule has 0 saturated carbocycles. The van der Waals surface area contributed by atoms with Crippen molar-refractivity contribution < 1.29 is 17.6 Å². The van der Waals surface area contributed by atoms with Gasteiger partial charge >= 0.3 is 0 Å². The normalized spacial score (nSPS) is 11.7. The molecular weight excluding hydrogens is 465 g/mol. The Hall–Kier alpha value is -3.23. The average Bonchev–Trinajstić information content (AvgIpc) is 2.80. The fraction of sp³-hybridized carbons (Fsp3) is 0.167. The van der Waals surface area contributed by atoms with Crippen LogP contribution in [0.4, 0.5) is 10.1 Å². The molecule has 0 aromatic heterocycles. The van der Waals surface area contributed by atoms with Crippen LogP contribution >= 0.6 is 11.6 Å². The van der Waals surface area contributed by atoms with Gasteiger partial charge < -0.3 is 0 Å². The maximum Gasteiger partial charge on any atom is 0.264 e. The second kappa shape index (κ2) is 10.6. The molecule has 3 aromatic rings. The summed E-state index contributed by atoms with van der Waals surface area (Å²) in [4.78, 5) is 12.6. The molecule has 1 amide bonds. The number of benzene rings is 3. The zero-order valence-corrected chi connectivity index (χ0v) is 19.6. The smallest absolute Gasteiger partial charge is 0.264 e. The third-order valence-corrected chi connectivity index (χ3v) is 6.97. The van der Waals surface area contributed by atoms with E-state index in [4.69, 9.17) is 11.6 Å². The Labute approximate surface area is 197 Å². The lowest BCUT2D eigenvalue weighted by Crippen LogP contribution is -2.39. The molecule has 0 saturated heterocycles. The van der Waals surface area contributed by atoms with Crippen molar-refractivity contribution in [2.75, 3.05) is 10.8 Å². The van der Waals surface area contributed by atoms with Crippen molar-refractivity contribution in [2.24, 2.45) is 5.10 Å². The number of halogens is 2. The number of anilines is 1. The predicted molar refractivity (Wildman–Crippen MR) is 129 cm³/mol. The molecule has 0 aliphatic rings. The minimum absolute atomic E-state index is 0.0116. The monoisotopic (exact) mass is 487 g/mol. The van der Waals surface area contributed by atoms with Crippen molar-refractivity contribution in [3.63, 3.8) is 0 Å². The Balaban J connectivity index is 1.86. The zero-order chi connectivity index (χ0) is 24.0. The molecule has 0 heterocycles. The van der Waals surface area contributed by atoms with Gasteiger partial charge in [0.15, 0.2) is 0 Å². The van der Waals surface area contributed by atoms with Crippen molar-refractivity contribution in [3.05, 3.63) is 94.8 Å². The first kappa shape index (κ1) is 24.4. The summed E-state index contributed by atoms with van der Waals surface area (Å²) in [6.07, 6.45) is 1.07. The first-order valence-electron chi connectivity index (χ1n) is 10.1. The summed E-state index contributed by atoms with van der Waals surface area (Å²) in [5, 5.41) is 3.86. The van der Waals surface area contributed by atoms with Gasteiger partial charge in [0.05, 0.1) is 21.8 Å². The molecule has 3 rings (SSSR count). The Morgan fingerprint density at radius 2 is 1.73 bits per heavy atom. The third kappa shape index (κ3) is 5.97. The van der Waals surface area contributed by atoms with E-state index in [1.165, 1.54) is 30.3 Å². The summed E-state index contributed by atoms with van der Waals surface area (Å²) in [6.45, 7) is 3.53. The van der Waals surface area contributed by atoms with Crippen LogP contribution in [0.25, 0.3) is 0 Å². The minimum Gasteiger partial charge on any atom is -0.271 e. The van der Waals surface area contributed by atoms with Gasteiger partial charge in [-0.2, -0.15) is 5.10 Å². The molecule has 0 atom stereocenters. The molecule has 33 heavy (non-hydrogen) atoms. The quantitative estimate of drug-likeness (QED) is 0.360. The first-order valence-corrected chi connectivity index (χ1v) is 12.0. The van der Waals surface area contributed by atoms with E-state index < -0.39 is 28.3 Å². The topological polar surface area (TPSA) is 78.8 Å². The highest BCUT2D eigenvalue weighted by molar-refractivity contribution is 7.92. The fourth-order valence-corrected chi connectivity index (χ4v) is 4.68. The molecule has 0 bridgehead atoms. The second-order valence-corrected chi connectivity index (χ2v) is 9.77. The molecule has 3 aromatic carbocycles. The molecule has 0 unspecified atom stereocenters. The average molecular weight is 488 g/mol. The summed E-state index contributed by atoms with van der Waals surface area (Å²) >= 11 is 5.94. The largest absolute Gasteiger partial charge is 0.271 e. The van der Waals surface area contributed by atoms with Gasteiger partial charge in [0.2, 0.25) is 0 Å². The second-order valence-electron chi connectivity index (χ2n) is 7.50. The summed E-state index contributed by atoms with van der Waals surface area (Å²) in [7, 11) is -4.03. The van der Waals surface area contributed by atoms with Crippen LogP contribution in [0, 0.1) is 5.82 Å². The molecule has 9 heteroatoms. The number of carbonyl (C=O) groups is 1. The van der Waals surface area contributed by atoms with Crippen LogP contribution in [0.5, 0.6) is 0 Å². The van der Waals surface area contributed by atoms with Crippen LogP contribution < -0.4 is 9.73 Å². The van der Waals surface area contributed by atoms with Crippen LogP contribution in [0.3, 0.4) is 0 Å². The van der Waals surface area contributed by atoms with Gasteiger partial charge in [-0.25, -0.2) is 18.2 Å². The molecule has 1 N–H and O–H groups in total. The van der Waals surface area contributed by atoms with E-state index in [2.05, 4.69) is 10.5 Å². The maximum absolute atomic E-state index is 13.9. The van der Waals surface area contributed by atoms with E-state index in [-0.39, 0.29) is 21.4 Å². The number of hydrogen-bond donors (Lipinski definition) is 1. The molecule has 6 nitrogen and oxygen atoms in total. The summed E-state index contributed by atoms with van der Waals surface area (Å²) in [5.74, 6) is -1.04. The fourth-order valence-electron chi connectivity index (χ4n) is 3.03. The maximum atomic E-state index is 13.9. The van der Waals surface area contributed by atoms with Gasteiger partial charge in [-0.3, -0.25) is 9.10 Å². The summed E-state index contributed by atoms with van der Waals surface area (Å²) < 4.78 is 41.5. The van der Waals surface area contributed by atoms with Gasteiger partial charge in [-0.15, -0.1) is 0 Å². The van der Waals surface area contributed by atoms with Crippen molar-refractivity contribution in [3.8, 4) is 0 Å². The lowest BCUT2D eigenvalue weighted by atomic mass is 10.0. The Morgan fingerprint density at radius 3 is 2.33 bits per heavy atom. The van der Waals surface area contributed by atoms with Crippen molar-refractivity contribution in [1.82, 2.24) is 5.43 Å². The zero-order valence-electron chi connectivity index (χ0n) is 18.1. The van der Waals surface area contributed by atoms with E-state index in [9.17, 15) is 17.6 Å². The van der Waals surface area contributed by atoms with Gasteiger partial charge in [-0.05, 0) is 47.9 Å². The number of nitrogens with zero attached hydrogens (tertiary/aromatic N) is 2. The number of rotatable bonds is 8. The Morgan fingerprint density at radius 1 is 1.06 bits per heavy atom. The number of nitrogens with one attached hydrogen (secondary N) is 1. The molecule has 0 spiro atoms. The van der Waals surface area contributed by atoms with Gasteiger partial charge in [0, 0.05) is 5.56 Å². The predicted octanol–water partition coefficient (Wildman–Crippen LogP) is 4.95. The molecule has 0 aliphatic carbocycles. The van der Waals surface area contributed by atoms with Gasteiger partial charge in [-0.1, -0.05) is 61.8 Å². The number of hydrazone groups is 1. The molecule has 0 fully saturated rings. The molecular formula is C24H23ClFN3O3S. The highest BCUT2D eigenvalue weighted by Crippen LogP contribution is 2.25. The molecule has 172 valence electrons. The van der Waals surface area contributed by atoms with Crippen LogP contribution in [0.2, 0.25) is 5.02 Å². The van der Waals surface area contributed by atoms with E-state index in [0.29, 0.717) is 5.69 Å². The van der Waals surface area contributed by atoms with Gasteiger partial charge in [0.25, 0.3) is 15.9 Å². The van der Waals surface area contributed by atoms with E-state index in [1.807, 2.05) is 26.0 Å². The van der Waals surface area contributed by atoms with E-state index >= 15 is 0 Å². The minimum atomic E-state index is -4.03.